The summed E-state index contributed by atoms with van der Waals surface area (Å²) in [5.41, 5.74) is 0. The van der Waals surface area contributed by atoms with Gasteiger partial charge in [-0.25, -0.2) is 0 Å². The van der Waals surface area contributed by atoms with Crippen LogP contribution in [0.3, 0.4) is 0 Å². The first kappa shape index (κ1) is 30.4. The molecule has 32 heavy (non-hydrogen) atoms. The fourth-order valence-electron chi connectivity index (χ4n) is 3.35. The summed E-state index contributed by atoms with van der Waals surface area (Å²) in [4.78, 5) is 12.1. The van der Waals surface area contributed by atoms with Crippen molar-refractivity contribution >= 4 is 5.91 Å². The summed E-state index contributed by atoms with van der Waals surface area (Å²) in [6.07, 6.45) is 30.3. The summed E-state index contributed by atoms with van der Waals surface area (Å²) in [6.45, 7) is 4.10. The van der Waals surface area contributed by atoms with Crippen molar-refractivity contribution in [2.75, 3.05) is 6.61 Å². The van der Waals surface area contributed by atoms with Gasteiger partial charge >= 0.3 is 0 Å². The Bertz CT molecular complexity index is 537. The molecule has 0 aromatic rings. The molecule has 0 aromatic heterocycles. The first-order valence-corrected chi connectivity index (χ1v) is 12.8. The van der Waals surface area contributed by atoms with Crippen molar-refractivity contribution in [2.24, 2.45) is 0 Å². The second-order valence-electron chi connectivity index (χ2n) is 8.37. The van der Waals surface area contributed by atoms with Crippen molar-refractivity contribution in [1.82, 2.24) is 5.32 Å². The molecule has 4 nitrogen and oxygen atoms in total. The molecule has 0 fully saturated rings. The first-order chi connectivity index (χ1) is 15.7. The largest absolute Gasteiger partial charge is 0.394 e. The Balaban J connectivity index is 3.77. The number of amides is 1. The molecule has 184 valence electrons. The van der Waals surface area contributed by atoms with Crippen molar-refractivity contribution in [3.05, 3.63) is 48.6 Å². The number of aliphatic hydroxyl groups excluding tert-OH is 2. The Morgan fingerprint density at radius 2 is 1.38 bits per heavy atom. The molecular weight excluding hydrogens is 398 g/mol. The van der Waals surface area contributed by atoms with Gasteiger partial charge in [0.05, 0.1) is 18.8 Å². The molecule has 0 aliphatic heterocycles. The number of hydrogen-bond donors (Lipinski definition) is 3. The molecule has 4 heteroatoms. The third-order valence-electron chi connectivity index (χ3n) is 5.35. The molecule has 0 aliphatic rings. The third kappa shape index (κ3) is 20.3. The monoisotopic (exact) mass is 447 g/mol. The maximum Gasteiger partial charge on any atom is 0.220 e. The number of rotatable bonds is 21. The molecule has 0 rings (SSSR count). The third-order valence-corrected chi connectivity index (χ3v) is 5.35. The average molecular weight is 448 g/mol. The number of carbonyl (C=O) groups excluding carboxylic acids is 1. The highest BCUT2D eigenvalue weighted by atomic mass is 16.3. The normalized spacial score (nSPS) is 14.2. The number of hydrogen-bond acceptors (Lipinski definition) is 3. The Morgan fingerprint density at radius 3 is 1.97 bits per heavy atom. The topological polar surface area (TPSA) is 69.6 Å². The number of nitrogens with one attached hydrogen (secondary N) is 1. The Morgan fingerprint density at radius 1 is 0.781 bits per heavy atom. The van der Waals surface area contributed by atoms with Crippen LogP contribution in [0.25, 0.3) is 0 Å². The fraction of sp³-hybridized carbons (Fsp3) is 0.679. The van der Waals surface area contributed by atoms with E-state index < -0.39 is 12.1 Å². The maximum atomic E-state index is 12.1. The van der Waals surface area contributed by atoms with Gasteiger partial charge in [0.15, 0.2) is 0 Å². The van der Waals surface area contributed by atoms with Crippen molar-refractivity contribution in [3.63, 3.8) is 0 Å². The highest BCUT2D eigenvalue weighted by Crippen LogP contribution is 2.10. The van der Waals surface area contributed by atoms with Gasteiger partial charge in [-0.05, 0) is 51.4 Å². The van der Waals surface area contributed by atoms with Crippen molar-refractivity contribution in [2.45, 2.75) is 116 Å². The van der Waals surface area contributed by atoms with Gasteiger partial charge in [-0.1, -0.05) is 94.6 Å². The van der Waals surface area contributed by atoms with E-state index in [2.05, 4.69) is 67.8 Å². The van der Waals surface area contributed by atoms with Gasteiger partial charge in [-0.15, -0.1) is 0 Å². The van der Waals surface area contributed by atoms with Crippen LogP contribution in [0.1, 0.15) is 104 Å². The van der Waals surface area contributed by atoms with E-state index in [0.29, 0.717) is 12.8 Å². The van der Waals surface area contributed by atoms with Crippen LogP contribution in [0.5, 0.6) is 0 Å². The van der Waals surface area contributed by atoms with Crippen LogP contribution in [0.15, 0.2) is 48.6 Å². The van der Waals surface area contributed by atoms with Crippen molar-refractivity contribution in [1.29, 1.82) is 0 Å². The lowest BCUT2D eigenvalue weighted by Gasteiger charge is -2.22. The summed E-state index contributed by atoms with van der Waals surface area (Å²) in [6, 6.07) is -0.553. The lowest BCUT2D eigenvalue weighted by Crippen LogP contribution is -2.45. The van der Waals surface area contributed by atoms with Crippen LogP contribution in [-0.4, -0.2) is 34.9 Å². The quantitative estimate of drug-likeness (QED) is 0.138. The summed E-state index contributed by atoms with van der Waals surface area (Å²) in [5.74, 6) is -0.0840. The molecule has 3 N–H and O–H groups in total. The van der Waals surface area contributed by atoms with Crippen LogP contribution in [0.4, 0.5) is 0 Å². The number of unbranched alkanes of at least 4 members (excludes halogenated alkanes) is 6. The molecule has 2 atom stereocenters. The predicted molar refractivity (Wildman–Crippen MR) is 138 cm³/mol. The molecule has 0 heterocycles. The molecule has 0 saturated carbocycles. The smallest absolute Gasteiger partial charge is 0.220 e. The van der Waals surface area contributed by atoms with Gasteiger partial charge in [0, 0.05) is 6.42 Å². The first-order valence-electron chi connectivity index (χ1n) is 12.8. The van der Waals surface area contributed by atoms with E-state index in [0.717, 1.165) is 57.8 Å². The van der Waals surface area contributed by atoms with Gasteiger partial charge in [-0.2, -0.15) is 0 Å². The van der Waals surface area contributed by atoms with E-state index in [9.17, 15) is 15.0 Å². The highest BCUT2D eigenvalue weighted by molar-refractivity contribution is 5.76. The second kappa shape index (κ2) is 24.0. The minimum absolute atomic E-state index is 0.0840. The second-order valence-corrected chi connectivity index (χ2v) is 8.37. The Hall–Kier alpha value is -1.65. The van der Waals surface area contributed by atoms with E-state index in [1.165, 1.54) is 19.3 Å². The zero-order valence-electron chi connectivity index (χ0n) is 20.7. The Labute approximate surface area is 197 Å². The van der Waals surface area contributed by atoms with Gasteiger partial charge in [-0.3, -0.25) is 4.79 Å². The maximum absolute atomic E-state index is 12.1. The minimum atomic E-state index is -0.671. The SMILES string of the molecule is CC/C=C\C/C=C\C/C=C\C/C=C\CCCCC(=O)NC(CO)C(O)CCCCCCC. The van der Waals surface area contributed by atoms with Crippen LogP contribution < -0.4 is 5.32 Å². The summed E-state index contributed by atoms with van der Waals surface area (Å²) in [5, 5.41) is 22.5. The van der Waals surface area contributed by atoms with E-state index in [-0.39, 0.29) is 12.5 Å². The van der Waals surface area contributed by atoms with Crippen LogP contribution in [0.2, 0.25) is 0 Å². The van der Waals surface area contributed by atoms with E-state index >= 15 is 0 Å². The molecule has 0 aromatic carbocycles. The highest BCUT2D eigenvalue weighted by Gasteiger charge is 2.19. The summed E-state index contributed by atoms with van der Waals surface area (Å²) < 4.78 is 0. The molecule has 0 radical (unpaired) electrons. The number of allylic oxidation sites excluding steroid dienone is 8. The molecular formula is C28H49NO3. The van der Waals surface area contributed by atoms with Crippen LogP contribution in [0, 0.1) is 0 Å². The molecule has 0 aliphatic carbocycles. The molecule has 0 bridgehead atoms. The van der Waals surface area contributed by atoms with Gasteiger partial charge in [0.1, 0.15) is 0 Å². The average Bonchev–Trinajstić information content (AvgIpc) is 2.79. The van der Waals surface area contributed by atoms with Crippen molar-refractivity contribution in [3.8, 4) is 0 Å². The summed E-state index contributed by atoms with van der Waals surface area (Å²) in [7, 11) is 0. The lowest BCUT2D eigenvalue weighted by molar-refractivity contribution is -0.123. The van der Waals surface area contributed by atoms with Gasteiger partial charge in [0.2, 0.25) is 5.91 Å². The molecule has 0 spiro atoms. The molecule has 2 unspecified atom stereocenters. The summed E-state index contributed by atoms with van der Waals surface area (Å²) >= 11 is 0. The van der Waals surface area contributed by atoms with E-state index in [4.69, 9.17) is 0 Å². The lowest BCUT2D eigenvalue weighted by atomic mass is 10.0. The van der Waals surface area contributed by atoms with Crippen molar-refractivity contribution < 1.29 is 15.0 Å². The van der Waals surface area contributed by atoms with E-state index in [1.54, 1.807) is 0 Å². The number of aliphatic hydroxyl groups is 2. The van der Waals surface area contributed by atoms with E-state index in [1.807, 2.05) is 0 Å². The molecule has 1 amide bonds. The van der Waals surface area contributed by atoms with Crippen LogP contribution in [-0.2, 0) is 4.79 Å². The standard InChI is InChI=1S/C28H49NO3/c1-3-5-7-9-10-11-12-13-14-15-16-17-18-20-22-24-28(32)29-26(25-30)27(31)23-21-19-8-6-4-2/h5,7,10-11,13-14,16-17,26-27,30-31H,3-4,6,8-9,12,15,18-25H2,1-2H3,(H,29,32)/b7-5-,11-10-,14-13-,17-16-. The number of carbonyl (C=O) groups is 1. The zero-order valence-corrected chi connectivity index (χ0v) is 20.7. The minimum Gasteiger partial charge on any atom is -0.394 e. The zero-order chi connectivity index (χ0) is 23.7. The predicted octanol–water partition coefficient (Wildman–Crippen LogP) is 6.55. The van der Waals surface area contributed by atoms with Gasteiger partial charge < -0.3 is 15.5 Å². The van der Waals surface area contributed by atoms with Gasteiger partial charge in [0.25, 0.3) is 0 Å². The van der Waals surface area contributed by atoms with Crippen LogP contribution >= 0.6 is 0 Å². The molecule has 0 saturated heterocycles. The fourth-order valence-corrected chi connectivity index (χ4v) is 3.35. The Kier molecular flexibility index (Phi) is 22.8.